The Morgan fingerprint density at radius 1 is 1.47 bits per heavy atom. The standard InChI is InChI=1S/C14H18N2O3/c1-3-14(2,13(18)19)16-12(17)10-8-15-11-7-5-4-6-9(10)11/h4-7,10,15H,3,8H2,1-2H3,(H,16,17)(H,18,19). The van der Waals surface area contributed by atoms with Crippen molar-refractivity contribution in [3.05, 3.63) is 29.8 Å². The van der Waals surface area contributed by atoms with Gasteiger partial charge in [-0.1, -0.05) is 25.1 Å². The van der Waals surface area contributed by atoms with Gasteiger partial charge in [-0.05, 0) is 25.0 Å². The number of carbonyl (C=O) groups excluding carboxylic acids is 1. The van der Waals surface area contributed by atoms with Crippen LogP contribution in [0.5, 0.6) is 0 Å². The Kier molecular flexibility index (Phi) is 3.46. The van der Waals surface area contributed by atoms with E-state index in [1.54, 1.807) is 6.92 Å². The number of carboxylic acid groups (broad SMARTS) is 1. The van der Waals surface area contributed by atoms with Crippen molar-refractivity contribution in [2.75, 3.05) is 11.9 Å². The van der Waals surface area contributed by atoms with Crippen molar-refractivity contribution < 1.29 is 14.7 Å². The molecule has 19 heavy (non-hydrogen) atoms. The Bertz CT molecular complexity index is 515. The smallest absolute Gasteiger partial charge is 0.329 e. The SMILES string of the molecule is CCC(C)(NC(=O)C1CNc2ccccc21)C(=O)O. The third kappa shape index (κ3) is 2.41. The molecular weight excluding hydrogens is 244 g/mol. The van der Waals surface area contributed by atoms with Gasteiger partial charge in [0.1, 0.15) is 5.54 Å². The van der Waals surface area contributed by atoms with Gasteiger partial charge in [-0.3, -0.25) is 4.79 Å². The predicted octanol–water partition coefficient (Wildman–Crippen LogP) is 1.57. The van der Waals surface area contributed by atoms with Gasteiger partial charge in [0.25, 0.3) is 0 Å². The minimum atomic E-state index is -1.21. The van der Waals surface area contributed by atoms with Crippen LogP contribution in [0.4, 0.5) is 5.69 Å². The maximum absolute atomic E-state index is 12.3. The molecule has 0 radical (unpaired) electrons. The fourth-order valence-corrected chi connectivity index (χ4v) is 2.17. The summed E-state index contributed by atoms with van der Waals surface area (Å²) in [5.41, 5.74) is 0.647. The van der Waals surface area contributed by atoms with Crippen LogP contribution in [0.2, 0.25) is 0 Å². The molecule has 1 aromatic carbocycles. The van der Waals surface area contributed by atoms with E-state index in [4.69, 9.17) is 0 Å². The number of nitrogens with one attached hydrogen (secondary N) is 2. The van der Waals surface area contributed by atoms with Crippen molar-refractivity contribution in [3.8, 4) is 0 Å². The molecule has 2 rings (SSSR count). The molecule has 1 aliphatic heterocycles. The molecule has 0 aromatic heterocycles. The lowest BCUT2D eigenvalue weighted by Gasteiger charge is -2.26. The average Bonchev–Trinajstić information content (AvgIpc) is 2.82. The molecule has 1 aromatic rings. The summed E-state index contributed by atoms with van der Waals surface area (Å²) < 4.78 is 0. The van der Waals surface area contributed by atoms with Crippen LogP contribution in [0.1, 0.15) is 31.7 Å². The molecule has 0 bridgehead atoms. The van der Waals surface area contributed by atoms with Crippen molar-refractivity contribution in [1.82, 2.24) is 5.32 Å². The first-order valence-electron chi connectivity index (χ1n) is 6.36. The molecule has 0 saturated heterocycles. The zero-order chi connectivity index (χ0) is 14.0. The molecule has 1 amide bonds. The number of carbonyl (C=O) groups is 2. The predicted molar refractivity (Wildman–Crippen MR) is 72.1 cm³/mol. The van der Waals surface area contributed by atoms with E-state index in [2.05, 4.69) is 10.6 Å². The van der Waals surface area contributed by atoms with Crippen LogP contribution < -0.4 is 10.6 Å². The minimum absolute atomic E-state index is 0.246. The quantitative estimate of drug-likeness (QED) is 0.769. The first kappa shape index (κ1) is 13.4. The van der Waals surface area contributed by atoms with E-state index in [1.165, 1.54) is 6.92 Å². The number of para-hydroxylation sites is 1. The lowest BCUT2D eigenvalue weighted by Crippen LogP contribution is -2.53. The van der Waals surface area contributed by atoms with Crippen molar-refractivity contribution in [1.29, 1.82) is 0 Å². The molecule has 3 N–H and O–H groups in total. The number of aliphatic carboxylic acids is 1. The van der Waals surface area contributed by atoms with Gasteiger partial charge in [0.05, 0.1) is 5.92 Å². The van der Waals surface area contributed by atoms with Crippen molar-refractivity contribution in [2.45, 2.75) is 31.7 Å². The molecule has 2 atom stereocenters. The number of hydrogen-bond acceptors (Lipinski definition) is 3. The summed E-state index contributed by atoms with van der Waals surface area (Å²) in [6.45, 7) is 3.78. The number of amides is 1. The van der Waals surface area contributed by atoms with Gasteiger partial charge in [0.15, 0.2) is 0 Å². The third-order valence-corrected chi connectivity index (χ3v) is 3.73. The molecule has 0 aliphatic carbocycles. The van der Waals surface area contributed by atoms with E-state index < -0.39 is 11.5 Å². The van der Waals surface area contributed by atoms with Gasteiger partial charge in [0.2, 0.25) is 5.91 Å². The maximum atomic E-state index is 12.3. The lowest BCUT2D eigenvalue weighted by atomic mass is 9.95. The van der Waals surface area contributed by atoms with Crippen molar-refractivity contribution in [3.63, 3.8) is 0 Å². The second-order valence-electron chi connectivity index (χ2n) is 5.00. The van der Waals surface area contributed by atoms with E-state index in [0.29, 0.717) is 13.0 Å². The van der Waals surface area contributed by atoms with Crippen LogP contribution in [0, 0.1) is 0 Å². The van der Waals surface area contributed by atoms with E-state index in [0.717, 1.165) is 11.3 Å². The summed E-state index contributed by atoms with van der Waals surface area (Å²) in [5, 5.41) is 15.0. The lowest BCUT2D eigenvalue weighted by molar-refractivity contribution is -0.147. The highest BCUT2D eigenvalue weighted by molar-refractivity contribution is 5.92. The van der Waals surface area contributed by atoms with Crippen molar-refractivity contribution >= 4 is 17.6 Å². The van der Waals surface area contributed by atoms with Crippen LogP contribution in [0.3, 0.4) is 0 Å². The number of carboxylic acids is 1. The monoisotopic (exact) mass is 262 g/mol. The zero-order valence-electron chi connectivity index (χ0n) is 11.1. The van der Waals surface area contributed by atoms with Gasteiger partial charge in [-0.15, -0.1) is 0 Å². The summed E-state index contributed by atoms with van der Waals surface area (Å²) in [7, 11) is 0. The Balaban J connectivity index is 2.17. The molecule has 1 heterocycles. The summed E-state index contributed by atoms with van der Waals surface area (Å²) >= 11 is 0. The van der Waals surface area contributed by atoms with Crippen LogP contribution in [-0.2, 0) is 9.59 Å². The van der Waals surface area contributed by atoms with Gasteiger partial charge >= 0.3 is 5.97 Å². The second-order valence-corrected chi connectivity index (χ2v) is 5.00. The Morgan fingerprint density at radius 3 is 2.79 bits per heavy atom. The fraction of sp³-hybridized carbons (Fsp3) is 0.429. The average molecular weight is 262 g/mol. The second kappa shape index (κ2) is 4.91. The number of rotatable bonds is 4. The summed E-state index contributed by atoms with van der Waals surface area (Å²) in [6.07, 6.45) is 0.343. The van der Waals surface area contributed by atoms with Crippen LogP contribution in [0.15, 0.2) is 24.3 Å². The van der Waals surface area contributed by atoms with Gasteiger partial charge in [-0.2, -0.15) is 0 Å². The molecule has 2 unspecified atom stereocenters. The molecule has 5 heteroatoms. The minimum Gasteiger partial charge on any atom is -0.480 e. The molecule has 0 spiro atoms. The summed E-state index contributed by atoms with van der Waals surface area (Å²) in [5.74, 6) is -1.59. The first-order chi connectivity index (χ1) is 8.98. The Hall–Kier alpha value is -2.04. The van der Waals surface area contributed by atoms with Crippen LogP contribution in [0.25, 0.3) is 0 Å². The van der Waals surface area contributed by atoms with Gasteiger partial charge in [-0.25, -0.2) is 4.79 Å². The normalized spacial score (nSPS) is 20.0. The van der Waals surface area contributed by atoms with Crippen molar-refractivity contribution in [2.24, 2.45) is 0 Å². The van der Waals surface area contributed by atoms with Crippen LogP contribution >= 0.6 is 0 Å². The molecular formula is C14H18N2O3. The third-order valence-electron chi connectivity index (χ3n) is 3.73. The Morgan fingerprint density at radius 2 is 2.16 bits per heavy atom. The molecule has 1 aliphatic rings. The molecule has 5 nitrogen and oxygen atoms in total. The first-order valence-corrected chi connectivity index (χ1v) is 6.36. The highest BCUT2D eigenvalue weighted by atomic mass is 16.4. The van der Waals surface area contributed by atoms with E-state index in [1.807, 2.05) is 24.3 Å². The number of anilines is 1. The Labute approximate surface area is 112 Å². The highest BCUT2D eigenvalue weighted by Gasteiger charge is 2.37. The van der Waals surface area contributed by atoms with E-state index in [9.17, 15) is 14.7 Å². The van der Waals surface area contributed by atoms with Gasteiger partial charge < -0.3 is 15.7 Å². The van der Waals surface area contributed by atoms with Crippen LogP contribution in [-0.4, -0.2) is 29.1 Å². The van der Waals surface area contributed by atoms with E-state index >= 15 is 0 Å². The summed E-state index contributed by atoms with van der Waals surface area (Å²) in [4.78, 5) is 23.5. The zero-order valence-corrected chi connectivity index (χ0v) is 11.1. The van der Waals surface area contributed by atoms with E-state index in [-0.39, 0.29) is 11.8 Å². The van der Waals surface area contributed by atoms with Gasteiger partial charge in [0, 0.05) is 12.2 Å². The molecule has 0 fully saturated rings. The topological polar surface area (TPSA) is 78.4 Å². The fourth-order valence-electron chi connectivity index (χ4n) is 2.17. The highest BCUT2D eigenvalue weighted by Crippen LogP contribution is 2.31. The molecule has 0 saturated carbocycles. The number of hydrogen-bond donors (Lipinski definition) is 3. The summed E-state index contributed by atoms with van der Waals surface area (Å²) in [6, 6.07) is 7.59. The number of benzene rings is 1. The molecule has 102 valence electrons. The maximum Gasteiger partial charge on any atom is 0.329 e. The largest absolute Gasteiger partial charge is 0.480 e. The number of fused-ring (bicyclic) bond motifs is 1.